The van der Waals surface area contributed by atoms with E-state index in [1.807, 2.05) is 37.3 Å². The van der Waals surface area contributed by atoms with Gasteiger partial charge in [0.25, 0.3) is 0 Å². The molecule has 0 unspecified atom stereocenters. The summed E-state index contributed by atoms with van der Waals surface area (Å²) in [6.45, 7) is 3.94. The summed E-state index contributed by atoms with van der Waals surface area (Å²) in [4.78, 5) is 16.3. The third-order valence-electron chi connectivity index (χ3n) is 6.88. The molecule has 35 heavy (non-hydrogen) atoms. The third kappa shape index (κ3) is 4.41. The van der Waals surface area contributed by atoms with Crippen LogP contribution in [-0.2, 0) is 12.8 Å². The fraction of sp³-hybridized carbons (Fsp3) is 0.286. The van der Waals surface area contributed by atoms with Crippen LogP contribution in [-0.4, -0.2) is 33.8 Å². The van der Waals surface area contributed by atoms with Gasteiger partial charge in [-0.1, -0.05) is 48.5 Å². The van der Waals surface area contributed by atoms with Crippen LogP contribution in [0.25, 0.3) is 10.8 Å². The van der Waals surface area contributed by atoms with Crippen LogP contribution in [0.15, 0.2) is 65.8 Å². The van der Waals surface area contributed by atoms with Gasteiger partial charge in [-0.2, -0.15) is 20.1 Å². The van der Waals surface area contributed by atoms with Gasteiger partial charge in [-0.25, -0.2) is 5.43 Å². The summed E-state index contributed by atoms with van der Waals surface area (Å²) in [7, 11) is 0. The Labute approximate surface area is 205 Å². The van der Waals surface area contributed by atoms with Crippen LogP contribution in [0.4, 0.5) is 23.5 Å². The maximum atomic E-state index is 4.71. The van der Waals surface area contributed by atoms with Crippen molar-refractivity contribution in [2.45, 2.75) is 39.0 Å². The minimum absolute atomic E-state index is 0.435. The fourth-order valence-electron chi connectivity index (χ4n) is 5.11. The Hall–Kier alpha value is -4.00. The first-order valence-corrected chi connectivity index (χ1v) is 12.4. The Morgan fingerprint density at radius 1 is 0.800 bits per heavy atom. The Balaban J connectivity index is 1.32. The zero-order valence-electron chi connectivity index (χ0n) is 20.0. The molecule has 2 aliphatic rings. The summed E-state index contributed by atoms with van der Waals surface area (Å²) in [5, 5.41) is 10.7. The van der Waals surface area contributed by atoms with E-state index in [0.29, 0.717) is 17.8 Å². The Morgan fingerprint density at radius 3 is 2.40 bits per heavy atom. The topological polar surface area (TPSA) is 78.3 Å². The molecule has 6 rings (SSSR count). The molecule has 7 nitrogen and oxygen atoms in total. The number of aryl methyl sites for hydroxylation is 2. The van der Waals surface area contributed by atoms with E-state index in [2.05, 4.69) is 51.0 Å². The summed E-state index contributed by atoms with van der Waals surface area (Å²) in [6.07, 6.45) is 5.79. The summed E-state index contributed by atoms with van der Waals surface area (Å²) < 4.78 is 0. The Morgan fingerprint density at radius 2 is 1.57 bits per heavy atom. The fourth-order valence-corrected chi connectivity index (χ4v) is 5.11. The molecular weight excluding hydrogens is 434 g/mol. The summed E-state index contributed by atoms with van der Waals surface area (Å²) in [5.74, 6) is 1.62. The zero-order valence-corrected chi connectivity index (χ0v) is 20.0. The molecule has 0 radical (unpaired) electrons. The van der Waals surface area contributed by atoms with Gasteiger partial charge in [0, 0.05) is 24.3 Å². The molecule has 4 aromatic rings. The van der Waals surface area contributed by atoms with E-state index in [1.54, 1.807) is 0 Å². The van der Waals surface area contributed by atoms with Gasteiger partial charge in [0.2, 0.25) is 17.8 Å². The van der Waals surface area contributed by atoms with Crippen molar-refractivity contribution >= 4 is 40.0 Å². The molecule has 2 heterocycles. The van der Waals surface area contributed by atoms with Crippen molar-refractivity contribution < 1.29 is 0 Å². The van der Waals surface area contributed by atoms with E-state index in [4.69, 9.17) is 15.1 Å². The van der Waals surface area contributed by atoms with Crippen LogP contribution in [0.1, 0.15) is 42.9 Å². The molecule has 0 spiro atoms. The average molecular weight is 464 g/mol. The molecule has 176 valence electrons. The van der Waals surface area contributed by atoms with Crippen molar-refractivity contribution in [3.63, 3.8) is 0 Å². The lowest BCUT2D eigenvalue weighted by Crippen LogP contribution is -2.31. The van der Waals surface area contributed by atoms with Gasteiger partial charge in [0.05, 0.1) is 5.71 Å². The number of nitrogens with zero attached hydrogens (tertiary/aromatic N) is 5. The average Bonchev–Trinajstić information content (AvgIpc) is 3.33. The number of rotatable bonds is 6. The van der Waals surface area contributed by atoms with E-state index in [1.165, 1.54) is 28.3 Å². The lowest BCUT2D eigenvalue weighted by molar-refractivity contribution is 0.568. The van der Waals surface area contributed by atoms with Crippen LogP contribution in [0.5, 0.6) is 0 Å². The monoisotopic (exact) mass is 463 g/mol. The first-order chi connectivity index (χ1) is 17.2. The van der Waals surface area contributed by atoms with Crippen LogP contribution in [0.2, 0.25) is 0 Å². The zero-order chi connectivity index (χ0) is 23.6. The van der Waals surface area contributed by atoms with Gasteiger partial charge in [-0.3, -0.25) is 0 Å². The number of piperidine rings is 1. The van der Waals surface area contributed by atoms with Crippen molar-refractivity contribution in [2.75, 3.05) is 28.7 Å². The number of hydrogen-bond donors (Lipinski definition) is 2. The van der Waals surface area contributed by atoms with Crippen molar-refractivity contribution in [3.8, 4) is 0 Å². The molecule has 1 aliphatic heterocycles. The maximum Gasteiger partial charge on any atom is 0.250 e. The Kier molecular flexibility index (Phi) is 5.74. The quantitative estimate of drug-likeness (QED) is 0.282. The Bertz CT molecular complexity index is 1380. The van der Waals surface area contributed by atoms with Crippen LogP contribution in [0, 0.1) is 0 Å². The normalized spacial score (nSPS) is 15.5. The smallest absolute Gasteiger partial charge is 0.250 e. The first-order valence-electron chi connectivity index (χ1n) is 12.4. The van der Waals surface area contributed by atoms with Crippen molar-refractivity contribution in [3.05, 3.63) is 77.4 Å². The largest absolute Gasteiger partial charge is 0.341 e. The number of para-hydroxylation sites is 1. The second kappa shape index (κ2) is 9.33. The molecular formula is C28H29N7. The van der Waals surface area contributed by atoms with Gasteiger partial charge in [0.1, 0.15) is 0 Å². The van der Waals surface area contributed by atoms with Crippen LogP contribution >= 0.6 is 0 Å². The SMILES string of the molecule is C/C(=N\Nc1nc(Nc2ccccc2)nc(N2CCCCC2)n1)c1ccc2c3c(cccc13)CC2. The third-order valence-corrected chi connectivity index (χ3v) is 6.88. The minimum atomic E-state index is 0.435. The molecule has 1 aliphatic carbocycles. The first kappa shape index (κ1) is 21.5. The predicted molar refractivity (Wildman–Crippen MR) is 143 cm³/mol. The summed E-state index contributed by atoms with van der Waals surface area (Å²) in [5.41, 5.74) is 8.94. The van der Waals surface area contributed by atoms with Gasteiger partial charge in [-0.15, -0.1) is 0 Å². The maximum absolute atomic E-state index is 4.71. The molecule has 0 amide bonds. The molecule has 1 fully saturated rings. The van der Waals surface area contributed by atoms with Crippen molar-refractivity contribution in [1.29, 1.82) is 0 Å². The van der Waals surface area contributed by atoms with E-state index < -0.39 is 0 Å². The van der Waals surface area contributed by atoms with Gasteiger partial charge < -0.3 is 10.2 Å². The van der Waals surface area contributed by atoms with Gasteiger partial charge in [-0.05, 0) is 73.1 Å². The predicted octanol–water partition coefficient (Wildman–Crippen LogP) is 5.69. The van der Waals surface area contributed by atoms with Gasteiger partial charge in [0.15, 0.2) is 0 Å². The highest BCUT2D eigenvalue weighted by Crippen LogP contribution is 2.33. The molecule has 0 saturated carbocycles. The molecule has 2 N–H and O–H groups in total. The molecule has 0 atom stereocenters. The summed E-state index contributed by atoms with van der Waals surface area (Å²) >= 11 is 0. The molecule has 1 aromatic heterocycles. The molecule has 3 aromatic carbocycles. The van der Waals surface area contributed by atoms with E-state index in [-0.39, 0.29) is 0 Å². The lowest BCUT2D eigenvalue weighted by atomic mass is 9.98. The minimum Gasteiger partial charge on any atom is -0.341 e. The number of anilines is 4. The standard InChI is InChI=1S/C28H29N7/c1-19(23-16-15-21-14-13-20-9-8-12-24(23)25(20)21)33-34-27-30-26(29-22-10-4-2-5-11-22)31-28(32-27)35-17-6-3-7-18-35/h2,4-5,8-12,15-16H,3,6-7,13-14,17-18H2,1H3,(H2,29,30,31,32,34)/b33-19+. The molecule has 7 heteroatoms. The van der Waals surface area contributed by atoms with E-state index >= 15 is 0 Å². The second-order valence-electron chi connectivity index (χ2n) is 9.24. The van der Waals surface area contributed by atoms with Crippen LogP contribution < -0.4 is 15.6 Å². The van der Waals surface area contributed by atoms with Gasteiger partial charge >= 0.3 is 0 Å². The second-order valence-corrected chi connectivity index (χ2v) is 9.24. The highest BCUT2D eigenvalue weighted by atomic mass is 15.4. The van der Waals surface area contributed by atoms with E-state index in [9.17, 15) is 0 Å². The number of aromatic nitrogens is 3. The molecule has 0 bridgehead atoms. The lowest BCUT2D eigenvalue weighted by Gasteiger charge is -2.26. The number of hydrogen-bond acceptors (Lipinski definition) is 7. The van der Waals surface area contributed by atoms with Crippen molar-refractivity contribution in [2.24, 2.45) is 5.10 Å². The number of hydrazone groups is 1. The highest BCUT2D eigenvalue weighted by Gasteiger charge is 2.18. The number of benzene rings is 3. The number of nitrogens with one attached hydrogen (secondary N) is 2. The van der Waals surface area contributed by atoms with Crippen molar-refractivity contribution in [1.82, 2.24) is 15.0 Å². The van der Waals surface area contributed by atoms with E-state index in [0.717, 1.165) is 55.7 Å². The molecule has 1 saturated heterocycles. The highest BCUT2D eigenvalue weighted by molar-refractivity contribution is 6.11. The van der Waals surface area contributed by atoms with Crippen LogP contribution in [0.3, 0.4) is 0 Å². The summed E-state index contributed by atoms with van der Waals surface area (Å²) in [6, 6.07) is 21.0.